The van der Waals surface area contributed by atoms with Gasteiger partial charge in [-0.3, -0.25) is 9.59 Å². The summed E-state index contributed by atoms with van der Waals surface area (Å²) in [6, 6.07) is 9.80. The van der Waals surface area contributed by atoms with E-state index in [1.807, 2.05) is 0 Å². The summed E-state index contributed by atoms with van der Waals surface area (Å²) in [4.78, 5) is 24.5. The molecule has 2 aliphatic carbocycles. The molecule has 0 amide bonds. The van der Waals surface area contributed by atoms with Gasteiger partial charge in [0.05, 0.1) is 5.92 Å². The second-order valence-electron chi connectivity index (χ2n) is 7.29. The molecule has 0 radical (unpaired) electrons. The van der Waals surface area contributed by atoms with Gasteiger partial charge >= 0.3 is 5.97 Å². The molecule has 0 aliphatic heterocycles. The predicted molar refractivity (Wildman–Crippen MR) is 91.6 cm³/mol. The van der Waals surface area contributed by atoms with Gasteiger partial charge in [-0.15, -0.1) is 0 Å². The van der Waals surface area contributed by atoms with Gasteiger partial charge in [-0.05, 0) is 48.8 Å². The van der Waals surface area contributed by atoms with E-state index in [1.54, 1.807) is 24.3 Å². The number of Topliss-reactive ketones (excluding diaryl/α,β-unsaturated/α-hetero) is 1. The Bertz CT molecular complexity index is 875. The number of halogens is 2. The van der Waals surface area contributed by atoms with Crippen molar-refractivity contribution in [3.8, 4) is 11.1 Å². The van der Waals surface area contributed by atoms with E-state index in [2.05, 4.69) is 0 Å². The number of aliphatic carboxylic acids is 1. The third-order valence-corrected chi connectivity index (χ3v) is 5.92. The Morgan fingerprint density at radius 2 is 1.58 bits per heavy atom. The Hall–Kier alpha value is -2.56. The molecule has 0 aromatic heterocycles. The van der Waals surface area contributed by atoms with Gasteiger partial charge in [0.25, 0.3) is 0 Å². The summed E-state index contributed by atoms with van der Waals surface area (Å²) in [6.07, 6.45) is 2.60. The molecule has 3 nitrogen and oxygen atoms in total. The third-order valence-electron chi connectivity index (χ3n) is 5.92. The van der Waals surface area contributed by atoms with Crippen molar-refractivity contribution in [1.29, 1.82) is 0 Å². The standard InChI is InChI=1S/C21H18F2O3/c22-15-7-8-16(17(23)10-15)11-1-3-12(4-2-11)20(24)18-13-5-6-14(9-13)19(18)21(25)26/h1-4,7-8,10,13-14,18-19H,5-6,9H2,(H,25,26)/t13-,14-,18-,19-/m0/s1. The molecule has 0 unspecified atom stereocenters. The first-order valence-corrected chi connectivity index (χ1v) is 8.78. The topological polar surface area (TPSA) is 54.4 Å². The average Bonchev–Trinajstić information content (AvgIpc) is 3.22. The maximum Gasteiger partial charge on any atom is 0.307 e. The highest BCUT2D eigenvalue weighted by Crippen LogP contribution is 2.53. The van der Waals surface area contributed by atoms with E-state index in [-0.39, 0.29) is 23.2 Å². The van der Waals surface area contributed by atoms with E-state index in [0.717, 1.165) is 25.3 Å². The fourth-order valence-electron chi connectivity index (χ4n) is 4.75. The summed E-state index contributed by atoms with van der Waals surface area (Å²) in [5, 5.41) is 9.52. The van der Waals surface area contributed by atoms with E-state index in [1.165, 1.54) is 12.1 Å². The van der Waals surface area contributed by atoms with Crippen molar-refractivity contribution in [2.45, 2.75) is 19.3 Å². The minimum absolute atomic E-state index is 0.0963. The molecule has 5 heteroatoms. The summed E-state index contributed by atoms with van der Waals surface area (Å²) in [6.45, 7) is 0. The van der Waals surface area contributed by atoms with Crippen LogP contribution in [0.5, 0.6) is 0 Å². The highest BCUT2D eigenvalue weighted by atomic mass is 19.1. The van der Waals surface area contributed by atoms with Crippen LogP contribution in [-0.4, -0.2) is 16.9 Å². The van der Waals surface area contributed by atoms with Crippen molar-refractivity contribution in [1.82, 2.24) is 0 Å². The Morgan fingerprint density at radius 3 is 2.19 bits per heavy atom. The van der Waals surface area contributed by atoms with Crippen LogP contribution in [0, 0.1) is 35.3 Å². The summed E-state index contributed by atoms with van der Waals surface area (Å²) in [7, 11) is 0. The Labute approximate surface area is 149 Å². The van der Waals surface area contributed by atoms with Crippen molar-refractivity contribution >= 4 is 11.8 Å². The van der Waals surface area contributed by atoms with Crippen LogP contribution in [0.2, 0.25) is 0 Å². The normalized spacial score (nSPS) is 26.8. The van der Waals surface area contributed by atoms with Gasteiger partial charge in [0.2, 0.25) is 0 Å². The molecule has 134 valence electrons. The van der Waals surface area contributed by atoms with Crippen LogP contribution in [0.25, 0.3) is 11.1 Å². The van der Waals surface area contributed by atoms with E-state index >= 15 is 0 Å². The number of carbonyl (C=O) groups excluding carboxylic acids is 1. The summed E-state index contributed by atoms with van der Waals surface area (Å²) >= 11 is 0. The molecule has 2 saturated carbocycles. The van der Waals surface area contributed by atoms with Gasteiger partial charge in [-0.25, -0.2) is 8.78 Å². The molecule has 1 N–H and O–H groups in total. The lowest BCUT2D eigenvalue weighted by Crippen LogP contribution is -2.34. The van der Waals surface area contributed by atoms with Gasteiger partial charge in [-0.1, -0.05) is 24.3 Å². The molecule has 26 heavy (non-hydrogen) atoms. The number of ketones is 1. The maximum atomic E-state index is 13.9. The van der Waals surface area contributed by atoms with Gasteiger partial charge in [0.15, 0.2) is 5.78 Å². The molecule has 2 aromatic carbocycles. The SMILES string of the molecule is O=C(O)[C@H]1[C@H]2CC[C@@H](C2)[C@@H]1C(=O)c1ccc(-c2ccc(F)cc2F)cc1. The summed E-state index contributed by atoms with van der Waals surface area (Å²) in [5.74, 6) is -3.18. The molecule has 2 aromatic rings. The van der Waals surface area contributed by atoms with Crippen LogP contribution in [0.15, 0.2) is 42.5 Å². The highest BCUT2D eigenvalue weighted by molar-refractivity contribution is 6.01. The number of carboxylic acids is 1. The van der Waals surface area contributed by atoms with Crippen molar-refractivity contribution in [3.05, 3.63) is 59.7 Å². The molecule has 4 rings (SSSR count). The van der Waals surface area contributed by atoms with Crippen LogP contribution < -0.4 is 0 Å². The number of fused-ring (bicyclic) bond motifs is 2. The first kappa shape index (κ1) is 16.9. The molecular formula is C21H18F2O3. The first-order valence-electron chi connectivity index (χ1n) is 8.78. The molecule has 4 atom stereocenters. The minimum atomic E-state index is -0.888. The van der Waals surface area contributed by atoms with Crippen molar-refractivity contribution in [2.24, 2.45) is 23.7 Å². The van der Waals surface area contributed by atoms with E-state index in [4.69, 9.17) is 0 Å². The van der Waals surface area contributed by atoms with Crippen LogP contribution in [0.1, 0.15) is 29.6 Å². The zero-order valence-corrected chi connectivity index (χ0v) is 14.0. The maximum absolute atomic E-state index is 13.9. The van der Waals surface area contributed by atoms with Gasteiger partial charge < -0.3 is 5.11 Å². The molecular weight excluding hydrogens is 338 g/mol. The monoisotopic (exact) mass is 356 g/mol. The summed E-state index contributed by atoms with van der Waals surface area (Å²) < 4.78 is 27.0. The second-order valence-corrected chi connectivity index (χ2v) is 7.29. The van der Waals surface area contributed by atoms with Crippen molar-refractivity contribution < 1.29 is 23.5 Å². The lowest BCUT2D eigenvalue weighted by Gasteiger charge is -2.27. The predicted octanol–water partition coefficient (Wildman–Crippen LogP) is 4.56. The van der Waals surface area contributed by atoms with Gasteiger partial charge in [0.1, 0.15) is 11.6 Å². The quantitative estimate of drug-likeness (QED) is 0.817. The molecule has 2 aliphatic rings. The lowest BCUT2D eigenvalue weighted by atomic mass is 9.75. The number of carboxylic acid groups (broad SMARTS) is 1. The smallest absolute Gasteiger partial charge is 0.307 e. The van der Waals surface area contributed by atoms with E-state index in [9.17, 15) is 23.5 Å². The largest absolute Gasteiger partial charge is 0.481 e. The number of rotatable bonds is 4. The number of hydrogen-bond donors (Lipinski definition) is 1. The van der Waals surface area contributed by atoms with Crippen molar-refractivity contribution in [2.75, 3.05) is 0 Å². The lowest BCUT2D eigenvalue weighted by molar-refractivity contribution is -0.144. The molecule has 0 saturated heterocycles. The number of hydrogen-bond acceptors (Lipinski definition) is 2. The van der Waals surface area contributed by atoms with E-state index < -0.39 is 29.4 Å². The minimum Gasteiger partial charge on any atom is -0.481 e. The Morgan fingerprint density at radius 1 is 0.923 bits per heavy atom. The number of carbonyl (C=O) groups is 2. The zero-order valence-electron chi connectivity index (χ0n) is 14.0. The Balaban J connectivity index is 1.61. The highest BCUT2D eigenvalue weighted by Gasteiger charge is 2.53. The fourth-order valence-corrected chi connectivity index (χ4v) is 4.75. The number of benzene rings is 2. The molecule has 2 bridgehead atoms. The van der Waals surface area contributed by atoms with Crippen LogP contribution >= 0.6 is 0 Å². The van der Waals surface area contributed by atoms with Crippen LogP contribution in [0.4, 0.5) is 8.78 Å². The van der Waals surface area contributed by atoms with E-state index in [0.29, 0.717) is 11.1 Å². The van der Waals surface area contributed by atoms with Crippen LogP contribution in [0.3, 0.4) is 0 Å². The average molecular weight is 356 g/mol. The Kier molecular flexibility index (Phi) is 4.10. The molecule has 0 heterocycles. The van der Waals surface area contributed by atoms with Gasteiger partial charge in [-0.2, -0.15) is 0 Å². The second kappa shape index (κ2) is 6.31. The summed E-state index contributed by atoms with van der Waals surface area (Å²) in [5.41, 5.74) is 1.25. The first-order chi connectivity index (χ1) is 12.5. The third kappa shape index (κ3) is 2.71. The zero-order chi connectivity index (χ0) is 18.4. The molecule has 2 fully saturated rings. The molecule has 0 spiro atoms. The fraction of sp³-hybridized carbons (Fsp3) is 0.333. The van der Waals surface area contributed by atoms with Crippen molar-refractivity contribution in [3.63, 3.8) is 0 Å². The van der Waals surface area contributed by atoms with Crippen LogP contribution in [-0.2, 0) is 4.79 Å². The van der Waals surface area contributed by atoms with Gasteiger partial charge in [0, 0.05) is 23.1 Å².